The molecule has 2 N–H and O–H groups in total. The Balaban J connectivity index is 1.67. The van der Waals surface area contributed by atoms with Crippen molar-refractivity contribution in [3.8, 4) is 0 Å². The second kappa shape index (κ2) is 7.26. The molecular weight excluding hydrogens is 348 g/mol. The Kier molecular flexibility index (Phi) is 5.03. The van der Waals surface area contributed by atoms with Crippen molar-refractivity contribution in [2.45, 2.75) is 26.8 Å². The Morgan fingerprint density at radius 3 is 2.59 bits per heavy atom. The minimum atomic E-state index is -1.06. The molecule has 1 aromatic heterocycles. The predicted molar refractivity (Wildman–Crippen MR) is 98.5 cm³/mol. The molecule has 2 amide bonds. The highest BCUT2D eigenvalue weighted by Gasteiger charge is 2.39. The summed E-state index contributed by atoms with van der Waals surface area (Å²) in [6, 6.07) is 8.20. The third-order valence-corrected chi connectivity index (χ3v) is 4.76. The number of carbonyl (C=O) groups is 3. The average Bonchev–Trinajstić information content (AvgIpc) is 3.24. The smallest absolute Gasteiger partial charge is 0.339 e. The molecule has 142 valence electrons. The van der Waals surface area contributed by atoms with E-state index < -0.39 is 5.97 Å². The van der Waals surface area contributed by atoms with Gasteiger partial charge in [0.05, 0.1) is 6.54 Å². The lowest BCUT2D eigenvalue weighted by atomic mass is 10.1. The predicted octanol–water partition coefficient (Wildman–Crippen LogP) is 3.15. The van der Waals surface area contributed by atoms with Crippen LogP contribution in [0.1, 0.15) is 45.6 Å². The molecule has 2 unspecified atom stereocenters. The van der Waals surface area contributed by atoms with Gasteiger partial charge < -0.3 is 19.7 Å². The number of carboxylic acids is 1. The highest BCUT2D eigenvalue weighted by atomic mass is 16.4. The van der Waals surface area contributed by atoms with E-state index in [4.69, 9.17) is 9.52 Å². The van der Waals surface area contributed by atoms with Gasteiger partial charge in [-0.2, -0.15) is 0 Å². The number of nitrogens with zero attached hydrogens (tertiary/aromatic N) is 1. The number of amides is 2. The molecule has 1 aromatic carbocycles. The molecule has 7 nitrogen and oxygen atoms in total. The molecule has 1 heterocycles. The third-order valence-electron chi connectivity index (χ3n) is 4.76. The fourth-order valence-corrected chi connectivity index (χ4v) is 3.01. The SMILES string of the molecule is Cc1oc(CN(C)C(=O)c2cccc(NC(=O)C3CC3C)c2)cc1C(=O)O. The molecule has 0 spiro atoms. The van der Waals surface area contributed by atoms with Gasteiger partial charge in [0.1, 0.15) is 17.1 Å². The molecule has 0 radical (unpaired) electrons. The van der Waals surface area contributed by atoms with E-state index in [1.54, 1.807) is 38.2 Å². The van der Waals surface area contributed by atoms with E-state index in [1.165, 1.54) is 11.0 Å². The Bertz CT molecular complexity index is 902. The number of anilines is 1. The largest absolute Gasteiger partial charge is 0.478 e. The van der Waals surface area contributed by atoms with Crippen LogP contribution in [0.4, 0.5) is 5.69 Å². The maximum absolute atomic E-state index is 12.7. The summed E-state index contributed by atoms with van der Waals surface area (Å²) in [7, 11) is 1.61. The van der Waals surface area contributed by atoms with Gasteiger partial charge in [-0.3, -0.25) is 9.59 Å². The zero-order chi connectivity index (χ0) is 19.7. The number of aryl methyl sites for hydroxylation is 1. The molecular formula is C20H22N2O5. The number of carboxylic acid groups (broad SMARTS) is 1. The first-order valence-corrected chi connectivity index (χ1v) is 8.75. The summed E-state index contributed by atoms with van der Waals surface area (Å²) in [4.78, 5) is 37.3. The molecule has 0 saturated heterocycles. The number of aromatic carboxylic acids is 1. The maximum atomic E-state index is 12.7. The van der Waals surface area contributed by atoms with Crippen molar-refractivity contribution in [2.75, 3.05) is 12.4 Å². The number of hydrogen-bond donors (Lipinski definition) is 2. The third kappa shape index (κ3) is 4.19. The molecule has 3 rings (SSSR count). The molecule has 7 heteroatoms. The van der Waals surface area contributed by atoms with E-state index in [0.29, 0.717) is 28.7 Å². The first-order chi connectivity index (χ1) is 12.8. The van der Waals surface area contributed by atoms with Crippen molar-refractivity contribution < 1.29 is 23.9 Å². The molecule has 2 atom stereocenters. The Morgan fingerprint density at radius 1 is 1.30 bits per heavy atom. The van der Waals surface area contributed by atoms with Crippen molar-refractivity contribution >= 4 is 23.5 Å². The fourth-order valence-electron chi connectivity index (χ4n) is 3.01. The summed E-state index contributed by atoms with van der Waals surface area (Å²) < 4.78 is 5.42. The van der Waals surface area contributed by atoms with Crippen LogP contribution < -0.4 is 5.32 Å². The number of rotatable bonds is 6. The average molecular weight is 370 g/mol. The number of benzene rings is 1. The second-order valence-corrected chi connectivity index (χ2v) is 7.04. The molecule has 0 bridgehead atoms. The lowest BCUT2D eigenvalue weighted by Gasteiger charge is -2.16. The van der Waals surface area contributed by atoms with Gasteiger partial charge in [-0.1, -0.05) is 13.0 Å². The molecule has 1 fully saturated rings. The van der Waals surface area contributed by atoms with Gasteiger partial charge >= 0.3 is 5.97 Å². The standard InChI is InChI=1S/C20H22N2O5/c1-11-7-16(11)18(23)21-14-6-4-5-13(8-14)19(24)22(3)10-15-9-17(20(25)26)12(2)27-15/h4-6,8-9,11,16H,7,10H2,1-3H3,(H,21,23)(H,25,26). The second-order valence-electron chi connectivity index (χ2n) is 7.04. The van der Waals surface area contributed by atoms with Crippen molar-refractivity contribution in [1.82, 2.24) is 4.90 Å². The number of carbonyl (C=O) groups excluding carboxylic acids is 2. The van der Waals surface area contributed by atoms with Crippen LogP contribution in [-0.4, -0.2) is 34.8 Å². The van der Waals surface area contributed by atoms with Gasteiger partial charge in [-0.15, -0.1) is 0 Å². The Labute approximate surface area is 157 Å². The van der Waals surface area contributed by atoms with Crippen molar-refractivity contribution in [2.24, 2.45) is 11.8 Å². The van der Waals surface area contributed by atoms with Gasteiger partial charge in [-0.25, -0.2) is 4.79 Å². The van der Waals surface area contributed by atoms with Gasteiger partial charge in [0.15, 0.2) is 0 Å². The van der Waals surface area contributed by atoms with E-state index in [-0.39, 0.29) is 29.8 Å². The van der Waals surface area contributed by atoms with E-state index in [1.807, 2.05) is 6.92 Å². The van der Waals surface area contributed by atoms with E-state index in [2.05, 4.69) is 5.32 Å². The summed E-state index contributed by atoms with van der Waals surface area (Å²) in [6.07, 6.45) is 0.897. The molecule has 2 aromatic rings. The summed E-state index contributed by atoms with van der Waals surface area (Å²) in [5.74, 6) is -0.175. The van der Waals surface area contributed by atoms with Crippen LogP contribution in [0.3, 0.4) is 0 Å². The number of furan rings is 1. The zero-order valence-corrected chi connectivity index (χ0v) is 15.5. The molecule has 27 heavy (non-hydrogen) atoms. The summed E-state index contributed by atoms with van der Waals surface area (Å²) >= 11 is 0. The maximum Gasteiger partial charge on any atom is 0.339 e. The van der Waals surface area contributed by atoms with Crippen LogP contribution in [0, 0.1) is 18.8 Å². The Hall–Kier alpha value is -3.09. The first-order valence-electron chi connectivity index (χ1n) is 8.75. The van der Waals surface area contributed by atoms with Crippen LogP contribution >= 0.6 is 0 Å². The minimum absolute atomic E-state index is 0.0206. The van der Waals surface area contributed by atoms with Crippen molar-refractivity contribution in [3.63, 3.8) is 0 Å². The Morgan fingerprint density at radius 2 is 2.00 bits per heavy atom. The van der Waals surface area contributed by atoms with Gasteiger partial charge in [0.25, 0.3) is 5.91 Å². The molecule has 1 aliphatic carbocycles. The normalized spacial score (nSPS) is 18.0. The van der Waals surface area contributed by atoms with Crippen LogP contribution in [0.15, 0.2) is 34.7 Å². The number of nitrogens with one attached hydrogen (secondary N) is 1. The van der Waals surface area contributed by atoms with E-state index in [0.717, 1.165) is 6.42 Å². The quantitative estimate of drug-likeness (QED) is 0.814. The topological polar surface area (TPSA) is 99.9 Å². The molecule has 1 aliphatic rings. The summed E-state index contributed by atoms with van der Waals surface area (Å²) in [5.41, 5.74) is 1.10. The van der Waals surface area contributed by atoms with E-state index >= 15 is 0 Å². The molecule has 1 saturated carbocycles. The van der Waals surface area contributed by atoms with E-state index in [9.17, 15) is 14.4 Å². The minimum Gasteiger partial charge on any atom is -0.478 e. The lowest BCUT2D eigenvalue weighted by Crippen LogP contribution is -2.26. The van der Waals surface area contributed by atoms with Gasteiger partial charge in [0, 0.05) is 24.2 Å². The lowest BCUT2D eigenvalue weighted by molar-refractivity contribution is -0.117. The van der Waals surface area contributed by atoms with Gasteiger partial charge in [-0.05, 0) is 43.5 Å². The number of hydrogen-bond acceptors (Lipinski definition) is 4. The first kappa shape index (κ1) is 18.7. The summed E-state index contributed by atoms with van der Waals surface area (Å²) in [5, 5.41) is 11.9. The van der Waals surface area contributed by atoms with Crippen LogP contribution in [0.5, 0.6) is 0 Å². The highest BCUT2D eigenvalue weighted by molar-refractivity contribution is 5.98. The van der Waals surface area contributed by atoms with Gasteiger partial charge in [0.2, 0.25) is 5.91 Å². The zero-order valence-electron chi connectivity index (χ0n) is 15.5. The van der Waals surface area contributed by atoms with Crippen molar-refractivity contribution in [3.05, 3.63) is 53.0 Å². The van der Waals surface area contributed by atoms with Crippen LogP contribution in [-0.2, 0) is 11.3 Å². The fraction of sp³-hybridized carbons (Fsp3) is 0.350. The highest BCUT2D eigenvalue weighted by Crippen LogP contribution is 2.38. The molecule has 0 aliphatic heterocycles. The van der Waals surface area contributed by atoms with Crippen molar-refractivity contribution in [1.29, 1.82) is 0 Å². The van der Waals surface area contributed by atoms with Crippen LogP contribution in [0.2, 0.25) is 0 Å². The summed E-state index contributed by atoms with van der Waals surface area (Å²) in [6.45, 7) is 3.75. The monoisotopic (exact) mass is 370 g/mol. The van der Waals surface area contributed by atoms with Crippen LogP contribution in [0.25, 0.3) is 0 Å².